The topological polar surface area (TPSA) is 84.5 Å². The van der Waals surface area contributed by atoms with Crippen molar-refractivity contribution in [3.05, 3.63) is 52.2 Å². The Hall–Kier alpha value is -2.67. The van der Waals surface area contributed by atoms with Crippen molar-refractivity contribution in [1.29, 1.82) is 0 Å². The molecule has 1 heterocycles. The number of carbonyl (C=O) groups excluding carboxylic acids is 3. The minimum absolute atomic E-state index is 0.0800. The van der Waals surface area contributed by atoms with E-state index in [0.717, 1.165) is 4.88 Å². The molecule has 0 bridgehead atoms. The second-order valence-electron chi connectivity index (χ2n) is 4.98. The van der Waals surface area contributed by atoms with Gasteiger partial charge in [-0.1, -0.05) is 12.1 Å². The summed E-state index contributed by atoms with van der Waals surface area (Å²) in [6.07, 6.45) is 0.343. The van der Waals surface area contributed by atoms with Crippen molar-refractivity contribution in [3.63, 3.8) is 0 Å². The van der Waals surface area contributed by atoms with Crippen LogP contribution in [0.25, 0.3) is 0 Å². The lowest BCUT2D eigenvalue weighted by atomic mass is 10.2. The molecule has 126 valence electrons. The lowest BCUT2D eigenvalue weighted by molar-refractivity contribution is -0.131. The zero-order valence-corrected chi connectivity index (χ0v) is 14.0. The smallest absolute Gasteiger partial charge is 0.308 e. The molecule has 0 aliphatic rings. The fourth-order valence-corrected chi connectivity index (χ4v) is 2.68. The molecule has 2 amide bonds. The number of rotatable bonds is 7. The lowest BCUT2D eigenvalue weighted by Gasteiger charge is -2.08. The van der Waals surface area contributed by atoms with Crippen molar-refractivity contribution in [2.75, 3.05) is 13.1 Å². The molecule has 24 heavy (non-hydrogen) atoms. The molecule has 0 aliphatic heterocycles. The van der Waals surface area contributed by atoms with Crippen LogP contribution in [0.5, 0.6) is 5.75 Å². The first-order chi connectivity index (χ1) is 11.5. The van der Waals surface area contributed by atoms with Crippen LogP contribution in [0.3, 0.4) is 0 Å². The van der Waals surface area contributed by atoms with Gasteiger partial charge in [-0.25, -0.2) is 0 Å². The third kappa shape index (κ3) is 5.85. The third-order valence-electron chi connectivity index (χ3n) is 3.01. The maximum Gasteiger partial charge on any atom is 0.308 e. The molecule has 2 aromatic rings. The van der Waals surface area contributed by atoms with E-state index in [1.807, 2.05) is 17.5 Å². The van der Waals surface area contributed by atoms with E-state index in [1.165, 1.54) is 24.3 Å². The number of esters is 1. The van der Waals surface area contributed by atoms with Crippen LogP contribution in [0, 0.1) is 0 Å². The van der Waals surface area contributed by atoms with Gasteiger partial charge in [-0.2, -0.15) is 0 Å². The second-order valence-corrected chi connectivity index (χ2v) is 6.02. The number of amides is 2. The van der Waals surface area contributed by atoms with Gasteiger partial charge in [0.1, 0.15) is 5.75 Å². The fourth-order valence-electron chi connectivity index (χ4n) is 1.98. The molecule has 1 aromatic carbocycles. The van der Waals surface area contributed by atoms with Gasteiger partial charge in [0, 0.05) is 30.5 Å². The summed E-state index contributed by atoms with van der Waals surface area (Å²) in [4.78, 5) is 35.6. The number of hydrogen-bond acceptors (Lipinski definition) is 5. The summed E-state index contributed by atoms with van der Waals surface area (Å²) in [5.41, 5.74) is 0.388. The van der Waals surface area contributed by atoms with Gasteiger partial charge < -0.3 is 15.4 Å². The van der Waals surface area contributed by atoms with E-state index in [9.17, 15) is 14.4 Å². The molecular weight excluding hydrogens is 328 g/mol. The van der Waals surface area contributed by atoms with E-state index in [2.05, 4.69) is 10.6 Å². The third-order valence-corrected chi connectivity index (χ3v) is 3.88. The standard InChI is InChI=1S/C17H18N2O4S/c1-12(20)23-14-5-2-4-13(10-14)17(22)19-8-7-18-16(21)11-15-6-3-9-24-15/h2-6,9-10H,7-8,11H2,1H3,(H,18,21)(H,19,22). The number of thiophene rings is 1. The number of carbonyl (C=O) groups is 3. The van der Waals surface area contributed by atoms with E-state index in [0.29, 0.717) is 30.8 Å². The Balaban J connectivity index is 1.73. The molecular formula is C17H18N2O4S. The Bertz CT molecular complexity index is 713. The number of nitrogens with one attached hydrogen (secondary N) is 2. The molecule has 0 fully saturated rings. The van der Waals surface area contributed by atoms with Gasteiger partial charge in [0.2, 0.25) is 5.91 Å². The van der Waals surface area contributed by atoms with E-state index in [4.69, 9.17) is 4.74 Å². The highest BCUT2D eigenvalue weighted by Crippen LogP contribution is 2.13. The summed E-state index contributed by atoms with van der Waals surface area (Å²) >= 11 is 1.53. The molecule has 6 nitrogen and oxygen atoms in total. The van der Waals surface area contributed by atoms with Gasteiger partial charge >= 0.3 is 5.97 Å². The van der Waals surface area contributed by atoms with Crippen molar-refractivity contribution in [2.45, 2.75) is 13.3 Å². The van der Waals surface area contributed by atoms with Crippen LogP contribution in [-0.4, -0.2) is 30.9 Å². The predicted octanol–water partition coefficient (Wildman–Crippen LogP) is 1.76. The molecule has 0 saturated heterocycles. The first-order valence-corrected chi connectivity index (χ1v) is 8.28. The molecule has 0 radical (unpaired) electrons. The van der Waals surface area contributed by atoms with Crippen LogP contribution in [0.4, 0.5) is 0 Å². The first-order valence-electron chi connectivity index (χ1n) is 7.40. The quantitative estimate of drug-likeness (QED) is 0.454. The zero-order valence-electron chi connectivity index (χ0n) is 13.2. The van der Waals surface area contributed by atoms with Crippen molar-refractivity contribution in [3.8, 4) is 5.75 Å². The molecule has 7 heteroatoms. The summed E-state index contributed by atoms with van der Waals surface area (Å²) in [6.45, 7) is 1.96. The molecule has 0 atom stereocenters. The van der Waals surface area contributed by atoms with Gasteiger partial charge in [0.05, 0.1) is 6.42 Å². The Morgan fingerprint density at radius 2 is 1.88 bits per heavy atom. The molecule has 0 aliphatic carbocycles. The highest BCUT2D eigenvalue weighted by molar-refractivity contribution is 7.10. The Labute approximate surface area is 143 Å². The summed E-state index contributed by atoms with van der Waals surface area (Å²) in [6, 6.07) is 10.2. The number of ether oxygens (including phenoxy) is 1. The highest BCUT2D eigenvalue weighted by Gasteiger charge is 2.08. The Morgan fingerprint density at radius 1 is 1.08 bits per heavy atom. The second kappa shape index (κ2) is 8.83. The van der Waals surface area contributed by atoms with Crippen molar-refractivity contribution < 1.29 is 19.1 Å². The number of benzene rings is 1. The van der Waals surface area contributed by atoms with Gasteiger partial charge in [0.25, 0.3) is 5.91 Å². The van der Waals surface area contributed by atoms with E-state index in [1.54, 1.807) is 18.2 Å². The number of hydrogen-bond donors (Lipinski definition) is 2. The molecule has 2 rings (SSSR count). The normalized spacial score (nSPS) is 10.0. The predicted molar refractivity (Wildman–Crippen MR) is 91.1 cm³/mol. The summed E-state index contributed by atoms with van der Waals surface area (Å²) in [7, 11) is 0. The summed E-state index contributed by atoms with van der Waals surface area (Å²) < 4.78 is 4.94. The highest BCUT2D eigenvalue weighted by atomic mass is 32.1. The van der Waals surface area contributed by atoms with Crippen LogP contribution < -0.4 is 15.4 Å². The van der Waals surface area contributed by atoms with Crippen molar-refractivity contribution in [1.82, 2.24) is 10.6 Å². The maximum absolute atomic E-state index is 12.0. The molecule has 0 unspecified atom stereocenters. The Morgan fingerprint density at radius 3 is 2.58 bits per heavy atom. The van der Waals surface area contributed by atoms with Gasteiger partial charge in [0.15, 0.2) is 0 Å². The van der Waals surface area contributed by atoms with Crippen LogP contribution in [0.1, 0.15) is 22.2 Å². The molecule has 1 aromatic heterocycles. The van der Waals surface area contributed by atoms with Gasteiger partial charge in [-0.3, -0.25) is 14.4 Å². The average Bonchev–Trinajstić information content (AvgIpc) is 3.04. The minimum Gasteiger partial charge on any atom is -0.427 e. The molecule has 0 spiro atoms. The summed E-state index contributed by atoms with van der Waals surface area (Å²) in [5, 5.41) is 7.37. The monoisotopic (exact) mass is 346 g/mol. The SMILES string of the molecule is CC(=O)Oc1cccc(C(=O)NCCNC(=O)Cc2cccs2)c1. The van der Waals surface area contributed by atoms with Gasteiger partial charge in [-0.05, 0) is 29.6 Å². The van der Waals surface area contributed by atoms with Crippen molar-refractivity contribution in [2.24, 2.45) is 0 Å². The van der Waals surface area contributed by atoms with E-state index in [-0.39, 0.29) is 11.8 Å². The largest absolute Gasteiger partial charge is 0.427 e. The fraction of sp³-hybridized carbons (Fsp3) is 0.235. The Kier molecular flexibility index (Phi) is 6.51. The van der Waals surface area contributed by atoms with E-state index < -0.39 is 5.97 Å². The summed E-state index contributed by atoms with van der Waals surface area (Å²) in [5.74, 6) is -0.500. The first kappa shape index (κ1) is 17.7. The molecule has 2 N–H and O–H groups in total. The van der Waals surface area contributed by atoms with Gasteiger partial charge in [-0.15, -0.1) is 11.3 Å². The van der Waals surface area contributed by atoms with Crippen LogP contribution in [-0.2, 0) is 16.0 Å². The maximum atomic E-state index is 12.0. The van der Waals surface area contributed by atoms with Crippen molar-refractivity contribution >= 4 is 29.1 Å². The molecule has 0 saturated carbocycles. The van der Waals surface area contributed by atoms with Crippen LogP contribution in [0.2, 0.25) is 0 Å². The zero-order chi connectivity index (χ0) is 17.4. The van der Waals surface area contributed by atoms with Crippen LogP contribution in [0.15, 0.2) is 41.8 Å². The van der Waals surface area contributed by atoms with Crippen LogP contribution >= 0.6 is 11.3 Å². The average molecular weight is 346 g/mol. The minimum atomic E-state index is -0.444. The lowest BCUT2D eigenvalue weighted by Crippen LogP contribution is -2.35. The van der Waals surface area contributed by atoms with E-state index >= 15 is 0 Å².